The third-order valence-electron chi connectivity index (χ3n) is 4.57. The number of halogens is 1. The van der Waals surface area contributed by atoms with Crippen LogP contribution >= 0.6 is 15.9 Å². The zero-order valence-electron chi connectivity index (χ0n) is 13.7. The highest BCUT2D eigenvalue weighted by Gasteiger charge is 2.42. The number of carbonyl (C=O) groups is 1. The van der Waals surface area contributed by atoms with Crippen molar-refractivity contribution in [3.8, 4) is 0 Å². The average Bonchev–Trinajstić information content (AvgIpc) is 2.92. The Kier molecular flexibility index (Phi) is 5.59. The topological polar surface area (TPSA) is 54.5 Å². The summed E-state index contributed by atoms with van der Waals surface area (Å²) in [4.78, 5) is 14.9. The molecule has 0 aromatic heterocycles. The van der Waals surface area contributed by atoms with Gasteiger partial charge in [0.25, 0.3) is 0 Å². The van der Waals surface area contributed by atoms with E-state index in [1.807, 2.05) is 30.3 Å². The molecule has 2 aromatic rings. The number of benzene rings is 2. The van der Waals surface area contributed by atoms with Crippen molar-refractivity contribution in [2.24, 2.45) is 11.8 Å². The number of carbonyl (C=O) groups excluding carboxylic acids is 1. The van der Waals surface area contributed by atoms with Crippen LogP contribution in [-0.2, 0) is 21.2 Å². The lowest BCUT2D eigenvalue weighted by molar-refractivity contribution is -0.131. The quantitative estimate of drug-likeness (QED) is 0.673. The monoisotopic (exact) mass is 421 g/mol. The third-order valence-corrected chi connectivity index (χ3v) is 7.19. The molecular weight excluding hydrogens is 402 g/mol. The van der Waals surface area contributed by atoms with Crippen LogP contribution in [0.4, 0.5) is 0 Å². The molecule has 0 unspecified atom stereocenters. The highest BCUT2D eigenvalue weighted by Crippen LogP contribution is 2.30. The fourth-order valence-corrected chi connectivity index (χ4v) is 5.51. The molecule has 1 aliphatic rings. The zero-order chi connectivity index (χ0) is 17.9. The number of nitrogens with zero attached hydrogens (tertiary/aromatic N) is 1. The molecule has 0 bridgehead atoms. The molecule has 6 heteroatoms. The minimum Gasteiger partial charge on any atom is -0.338 e. The molecular formula is C19H20BrNO3S. The molecule has 1 heterocycles. The lowest BCUT2D eigenvalue weighted by Crippen LogP contribution is -2.30. The van der Waals surface area contributed by atoms with E-state index in [0.717, 1.165) is 5.56 Å². The predicted octanol–water partition coefficient (Wildman–Crippen LogP) is 3.13. The van der Waals surface area contributed by atoms with E-state index in [0.29, 0.717) is 18.4 Å². The molecule has 1 fully saturated rings. The summed E-state index contributed by atoms with van der Waals surface area (Å²) in [7, 11) is -3.48. The van der Waals surface area contributed by atoms with E-state index in [1.165, 1.54) is 0 Å². The number of likely N-dealkylation sites (tertiary alicyclic amines) is 1. The fourth-order valence-electron chi connectivity index (χ4n) is 3.21. The summed E-state index contributed by atoms with van der Waals surface area (Å²) < 4.78 is 25.3. The van der Waals surface area contributed by atoms with Gasteiger partial charge in [0.1, 0.15) is 0 Å². The van der Waals surface area contributed by atoms with Crippen molar-refractivity contribution < 1.29 is 13.2 Å². The van der Waals surface area contributed by atoms with Crippen molar-refractivity contribution in [3.63, 3.8) is 0 Å². The van der Waals surface area contributed by atoms with Gasteiger partial charge >= 0.3 is 0 Å². The first kappa shape index (κ1) is 18.1. The molecule has 25 heavy (non-hydrogen) atoms. The number of hydrogen-bond acceptors (Lipinski definition) is 3. The fraction of sp³-hybridized carbons (Fsp3) is 0.316. The van der Waals surface area contributed by atoms with Crippen LogP contribution < -0.4 is 0 Å². The van der Waals surface area contributed by atoms with Gasteiger partial charge in [-0.25, -0.2) is 8.42 Å². The average molecular weight is 422 g/mol. The molecule has 0 aliphatic carbocycles. The van der Waals surface area contributed by atoms with Gasteiger partial charge in [-0.3, -0.25) is 4.79 Å². The van der Waals surface area contributed by atoms with E-state index in [4.69, 9.17) is 0 Å². The van der Waals surface area contributed by atoms with Gasteiger partial charge < -0.3 is 4.90 Å². The lowest BCUT2D eigenvalue weighted by Gasteiger charge is -2.16. The number of amides is 1. The van der Waals surface area contributed by atoms with Crippen molar-refractivity contribution >= 4 is 31.7 Å². The Morgan fingerprint density at radius 3 is 2.20 bits per heavy atom. The standard InChI is InChI=1S/C19H20BrNO3S/c20-11-16-13-21(12-15-7-3-1-4-8-15)19(22)18(16)14-25(23,24)17-9-5-2-6-10-17/h1-10,16,18H,11-14H2/t16-,18-/m0/s1. The largest absolute Gasteiger partial charge is 0.338 e. The van der Waals surface area contributed by atoms with Crippen LogP contribution in [0.3, 0.4) is 0 Å². The van der Waals surface area contributed by atoms with E-state index in [2.05, 4.69) is 15.9 Å². The molecule has 0 spiro atoms. The molecule has 2 atom stereocenters. The van der Waals surface area contributed by atoms with Crippen molar-refractivity contribution in [3.05, 3.63) is 66.2 Å². The van der Waals surface area contributed by atoms with E-state index in [1.54, 1.807) is 35.2 Å². The summed E-state index contributed by atoms with van der Waals surface area (Å²) in [6, 6.07) is 18.1. The summed E-state index contributed by atoms with van der Waals surface area (Å²) in [5.41, 5.74) is 1.05. The first-order valence-corrected chi connectivity index (χ1v) is 10.9. The van der Waals surface area contributed by atoms with E-state index >= 15 is 0 Å². The Hall–Kier alpha value is -1.66. The lowest BCUT2D eigenvalue weighted by atomic mass is 10.00. The maximum atomic E-state index is 12.8. The minimum absolute atomic E-state index is 0.00491. The Morgan fingerprint density at radius 2 is 1.60 bits per heavy atom. The molecule has 3 rings (SSSR count). The van der Waals surface area contributed by atoms with Crippen LogP contribution in [-0.4, -0.2) is 36.9 Å². The molecule has 132 valence electrons. The SMILES string of the molecule is O=C1[C@@H](CS(=O)(=O)c2ccccc2)[C@@H](CBr)CN1Cc1ccccc1. The van der Waals surface area contributed by atoms with Crippen molar-refractivity contribution in [2.75, 3.05) is 17.6 Å². The molecule has 1 aliphatic heterocycles. The van der Waals surface area contributed by atoms with Gasteiger partial charge in [0, 0.05) is 18.4 Å². The third kappa shape index (κ3) is 4.12. The predicted molar refractivity (Wildman–Crippen MR) is 101 cm³/mol. The van der Waals surface area contributed by atoms with Crippen LogP contribution in [0, 0.1) is 11.8 Å². The number of sulfone groups is 1. The second kappa shape index (κ2) is 7.70. The smallest absolute Gasteiger partial charge is 0.227 e. The highest BCUT2D eigenvalue weighted by atomic mass is 79.9. The van der Waals surface area contributed by atoms with Crippen molar-refractivity contribution in [1.29, 1.82) is 0 Å². The Balaban J connectivity index is 1.77. The Morgan fingerprint density at radius 1 is 1.00 bits per heavy atom. The first-order chi connectivity index (χ1) is 12.0. The van der Waals surface area contributed by atoms with Gasteiger partial charge in [-0.1, -0.05) is 64.5 Å². The van der Waals surface area contributed by atoms with Crippen LogP contribution in [0.1, 0.15) is 5.56 Å². The summed E-state index contributed by atoms with van der Waals surface area (Å²) in [6.07, 6.45) is 0. The highest BCUT2D eigenvalue weighted by molar-refractivity contribution is 9.09. The molecule has 1 saturated heterocycles. The van der Waals surface area contributed by atoms with Crippen molar-refractivity contribution in [2.45, 2.75) is 11.4 Å². The van der Waals surface area contributed by atoms with Crippen LogP contribution in [0.5, 0.6) is 0 Å². The molecule has 0 saturated carbocycles. The summed E-state index contributed by atoms with van der Waals surface area (Å²) >= 11 is 3.45. The summed E-state index contributed by atoms with van der Waals surface area (Å²) in [6.45, 7) is 1.10. The molecule has 0 radical (unpaired) electrons. The van der Waals surface area contributed by atoms with E-state index in [9.17, 15) is 13.2 Å². The molecule has 1 amide bonds. The van der Waals surface area contributed by atoms with E-state index in [-0.39, 0.29) is 22.5 Å². The van der Waals surface area contributed by atoms with Gasteiger partial charge in [0.15, 0.2) is 9.84 Å². The van der Waals surface area contributed by atoms with Gasteiger partial charge in [-0.2, -0.15) is 0 Å². The van der Waals surface area contributed by atoms with Crippen LogP contribution in [0.25, 0.3) is 0 Å². The first-order valence-electron chi connectivity index (χ1n) is 8.18. The van der Waals surface area contributed by atoms with Crippen molar-refractivity contribution in [1.82, 2.24) is 4.90 Å². The molecule has 4 nitrogen and oxygen atoms in total. The van der Waals surface area contributed by atoms with Crippen LogP contribution in [0.2, 0.25) is 0 Å². The summed E-state index contributed by atoms with van der Waals surface area (Å²) in [5, 5.41) is 0.610. The van der Waals surface area contributed by atoms with E-state index < -0.39 is 15.8 Å². The van der Waals surface area contributed by atoms with Gasteiger partial charge in [-0.15, -0.1) is 0 Å². The van der Waals surface area contributed by atoms with Gasteiger partial charge in [-0.05, 0) is 23.6 Å². The zero-order valence-corrected chi connectivity index (χ0v) is 16.1. The maximum Gasteiger partial charge on any atom is 0.227 e. The Labute approximate surface area is 156 Å². The second-order valence-corrected chi connectivity index (χ2v) is 9.00. The van der Waals surface area contributed by atoms with Gasteiger partial charge in [0.05, 0.1) is 16.6 Å². The molecule has 2 aromatic carbocycles. The number of rotatable bonds is 6. The normalized spacial score (nSPS) is 20.8. The number of alkyl halides is 1. The summed E-state index contributed by atoms with van der Waals surface area (Å²) in [5.74, 6) is -0.729. The van der Waals surface area contributed by atoms with Gasteiger partial charge in [0.2, 0.25) is 5.91 Å². The minimum atomic E-state index is -3.48. The molecule has 0 N–H and O–H groups in total. The van der Waals surface area contributed by atoms with Crippen LogP contribution in [0.15, 0.2) is 65.6 Å². The number of hydrogen-bond donors (Lipinski definition) is 0. The second-order valence-electron chi connectivity index (χ2n) is 6.32. The Bertz CT molecular complexity index is 824. The maximum absolute atomic E-state index is 12.8.